The first-order chi connectivity index (χ1) is 24.7. The molecule has 0 saturated carbocycles. The van der Waals surface area contributed by atoms with Crippen LogP contribution in [0.2, 0.25) is 0 Å². The van der Waals surface area contributed by atoms with Crippen LogP contribution in [0.25, 0.3) is 27.6 Å². The number of hydrogen-bond donors (Lipinski definition) is 1. The predicted molar refractivity (Wildman–Crippen MR) is 209 cm³/mol. The number of pyridine rings is 1. The number of benzene rings is 4. The number of anilines is 1. The number of aromatic nitrogens is 1. The lowest BCUT2D eigenvalue weighted by Crippen LogP contribution is -2.47. The van der Waals surface area contributed by atoms with Crippen LogP contribution < -0.4 is 30.2 Å². The standard InChI is InChI=1S/C39H40N4O8.2ClH/c1-41-15-17-42(18-16-41)37(44)25-8-6-7-24(19-25)23-51-29-13-14-30-31(22-29)38(45)43(28-11-9-27(40)10-12-28)35(39(46)50-5)34(30)26-20-32(47-2)36(49-4)33(21-26)48-3;;/h6-14,19-22H,15-18,23,40H2,1-5H3;2*1H. The van der Waals surface area contributed by atoms with E-state index >= 15 is 0 Å². The molecule has 0 aliphatic carbocycles. The van der Waals surface area contributed by atoms with Crippen molar-refractivity contribution in [2.45, 2.75) is 6.61 Å². The highest BCUT2D eigenvalue weighted by Crippen LogP contribution is 2.44. The highest BCUT2D eigenvalue weighted by atomic mass is 35.5. The van der Waals surface area contributed by atoms with Gasteiger partial charge in [0.05, 0.1) is 33.8 Å². The van der Waals surface area contributed by atoms with Crippen molar-refractivity contribution in [2.24, 2.45) is 0 Å². The summed E-state index contributed by atoms with van der Waals surface area (Å²) in [6.07, 6.45) is 0. The van der Waals surface area contributed by atoms with Crippen molar-refractivity contribution in [3.05, 3.63) is 106 Å². The molecule has 1 aromatic heterocycles. The molecule has 1 amide bonds. The van der Waals surface area contributed by atoms with Gasteiger partial charge in [0.1, 0.15) is 18.1 Å². The number of methoxy groups -OCH3 is 4. The van der Waals surface area contributed by atoms with Crippen LogP contribution in [0.15, 0.2) is 83.7 Å². The highest BCUT2D eigenvalue weighted by molar-refractivity contribution is 6.08. The first-order valence-electron chi connectivity index (χ1n) is 16.3. The van der Waals surface area contributed by atoms with Crippen molar-refractivity contribution in [2.75, 3.05) is 67.4 Å². The smallest absolute Gasteiger partial charge is 0.355 e. The fourth-order valence-electron chi connectivity index (χ4n) is 6.30. The molecule has 4 aromatic carbocycles. The van der Waals surface area contributed by atoms with Gasteiger partial charge in [-0.1, -0.05) is 12.1 Å². The van der Waals surface area contributed by atoms with Crippen LogP contribution in [0, 0.1) is 0 Å². The van der Waals surface area contributed by atoms with Crippen molar-refractivity contribution >= 4 is 53.2 Å². The van der Waals surface area contributed by atoms with E-state index in [0.717, 1.165) is 18.7 Å². The van der Waals surface area contributed by atoms with Crippen LogP contribution in [0.4, 0.5) is 5.69 Å². The molecule has 5 aromatic rings. The van der Waals surface area contributed by atoms with Crippen LogP contribution in [0.5, 0.6) is 23.0 Å². The average Bonchev–Trinajstić information content (AvgIpc) is 3.16. The fraction of sp³-hybridized carbons (Fsp3) is 0.256. The van der Waals surface area contributed by atoms with E-state index in [9.17, 15) is 14.4 Å². The Morgan fingerprint density at radius 3 is 2.04 bits per heavy atom. The van der Waals surface area contributed by atoms with E-state index in [0.29, 0.717) is 69.5 Å². The van der Waals surface area contributed by atoms with Gasteiger partial charge in [0.2, 0.25) is 5.75 Å². The number of carbonyl (C=O) groups is 2. The summed E-state index contributed by atoms with van der Waals surface area (Å²) >= 11 is 0. The number of nitrogens with zero attached hydrogens (tertiary/aromatic N) is 3. The van der Waals surface area contributed by atoms with E-state index in [2.05, 4.69) is 4.90 Å². The number of fused-ring (bicyclic) bond motifs is 1. The van der Waals surface area contributed by atoms with E-state index < -0.39 is 11.5 Å². The Morgan fingerprint density at radius 1 is 0.774 bits per heavy atom. The Kier molecular flexibility index (Phi) is 13.2. The molecular formula is C39H42Cl2N4O8. The molecule has 1 aliphatic rings. The second-order valence-corrected chi connectivity index (χ2v) is 12.2. The molecule has 0 unspecified atom stereocenters. The van der Waals surface area contributed by atoms with E-state index in [1.807, 2.05) is 36.2 Å². The summed E-state index contributed by atoms with van der Waals surface area (Å²) < 4.78 is 29.6. The van der Waals surface area contributed by atoms with Gasteiger partial charge in [0.25, 0.3) is 11.5 Å². The van der Waals surface area contributed by atoms with E-state index in [1.165, 1.54) is 33.0 Å². The quantitative estimate of drug-likeness (QED) is 0.136. The monoisotopic (exact) mass is 764 g/mol. The van der Waals surface area contributed by atoms with Gasteiger partial charge in [0, 0.05) is 48.7 Å². The molecule has 2 heterocycles. The lowest BCUT2D eigenvalue weighted by atomic mass is 9.95. The summed E-state index contributed by atoms with van der Waals surface area (Å²) in [5.41, 5.74) is 8.68. The number of nitrogen functional groups attached to an aromatic ring is 1. The lowest BCUT2D eigenvalue weighted by molar-refractivity contribution is 0.0590. The maximum absolute atomic E-state index is 14.5. The average molecular weight is 766 g/mol. The van der Waals surface area contributed by atoms with Crippen LogP contribution in [-0.2, 0) is 11.3 Å². The zero-order chi connectivity index (χ0) is 36.2. The number of piperazine rings is 1. The van der Waals surface area contributed by atoms with Crippen LogP contribution in [0.1, 0.15) is 26.4 Å². The van der Waals surface area contributed by atoms with Gasteiger partial charge in [-0.25, -0.2) is 4.79 Å². The van der Waals surface area contributed by atoms with Crippen LogP contribution >= 0.6 is 24.8 Å². The molecule has 12 nitrogen and oxygen atoms in total. The molecular weight excluding hydrogens is 723 g/mol. The molecule has 280 valence electrons. The summed E-state index contributed by atoms with van der Waals surface area (Å²) in [4.78, 5) is 45.4. The SMILES string of the molecule is COC(=O)c1c(-c2cc(OC)c(OC)c(OC)c2)c2ccc(OCc3cccc(C(=O)N4CCN(C)CC4)c3)cc2c(=O)n1-c1ccc(N)cc1.Cl.Cl. The zero-order valence-corrected chi connectivity index (χ0v) is 31.7. The zero-order valence-electron chi connectivity index (χ0n) is 30.0. The fourth-order valence-corrected chi connectivity index (χ4v) is 6.30. The van der Waals surface area contributed by atoms with E-state index in [-0.39, 0.29) is 48.4 Å². The van der Waals surface area contributed by atoms with Gasteiger partial charge in [-0.3, -0.25) is 14.2 Å². The number of esters is 1. The molecule has 1 aliphatic heterocycles. The minimum Gasteiger partial charge on any atom is -0.493 e. The van der Waals surface area contributed by atoms with Crippen molar-refractivity contribution in [1.29, 1.82) is 0 Å². The highest BCUT2D eigenvalue weighted by Gasteiger charge is 2.27. The summed E-state index contributed by atoms with van der Waals surface area (Å²) in [6, 6.07) is 22.5. The number of ether oxygens (including phenoxy) is 5. The molecule has 0 bridgehead atoms. The maximum Gasteiger partial charge on any atom is 0.355 e. The van der Waals surface area contributed by atoms with Gasteiger partial charge < -0.3 is 39.2 Å². The molecule has 2 N–H and O–H groups in total. The van der Waals surface area contributed by atoms with Gasteiger partial charge in [-0.05, 0) is 90.3 Å². The van der Waals surface area contributed by atoms with Crippen molar-refractivity contribution in [3.63, 3.8) is 0 Å². The van der Waals surface area contributed by atoms with Crippen LogP contribution in [0.3, 0.4) is 0 Å². The molecule has 14 heteroatoms. The molecule has 6 rings (SSSR count). The second-order valence-electron chi connectivity index (χ2n) is 12.2. The number of halogens is 2. The number of hydrogen-bond acceptors (Lipinski definition) is 10. The number of nitrogens with two attached hydrogens (primary N) is 1. The second kappa shape index (κ2) is 17.4. The third-order valence-electron chi connectivity index (χ3n) is 9.01. The minimum atomic E-state index is -0.735. The summed E-state index contributed by atoms with van der Waals surface area (Å²) in [7, 11) is 7.80. The van der Waals surface area contributed by atoms with Gasteiger partial charge in [-0.2, -0.15) is 0 Å². The molecule has 0 atom stereocenters. The normalized spacial score (nSPS) is 12.7. The largest absolute Gasteiger partial charge is 0.493 e. The Morgan fingerprint density at radius 2 is 1.43 bits per heavy atom. The first kappa shape index (κ1) is 40.3. The van der Waals surface area contributed by atoms with Crippen LogP contribution in [-0.4, -0.2) is 87.9 Å². The maximum atomic E-state index is 14.5. The third-order valence-corrected chi connectivity index (χ3v) is 9.01. The van der Waals surface area contributed by atoms with E-state index in [4.69, 9.17) is 29.4 Å². The van der Waals surface area contributed by atoms with E-state index in [1.54, 1.807) is 54.6 Å². The van der Waals surface area contributed by atoms with Gasteiger partial charge in [-0.15, -0.1) is 24.8 Å². The minimum absolute atomic E-state index is 0. The van der Waals surface area contributed by atoms with Gasteiger partial charge in [0.15, 0.2) is 11.5 Å². The molecule has 0 radical (unpaired) electrons. The summed E-state index contributed by atoms with van der Waals surface area (Å²) in [5, 5.41) is 0.744. The Labute approximate surface area is 319 Å². The number of rotatable bonds is 10. The molecule has 0 spiro atoms. The molecule has 1 fully saturated rings. The molecule has 1 saturated heterocycles. The van der Waals surface area contributed by atoms with Crippen molar-refractivity contribution in [1.82, 2.24) is 14.4 Å². The summed E-state index contributed by atoms with van der Waals surface area (Å²) in [6.45, 7) is 3.17. The predicted octanol–water partition coefficient (Wildman–Crippen LogP) is 5.86. The van der Waals surface area contributed by atoms with Crippen molar-refractivity contribution < 1.29 is 33.3 Å². The summed E-state index contributed by atoms with van der Waals surface area (Å²) in [5.74, 6) is 0.745. The number of likely N-dealkylation sites (N-methyl/N-ethyl adjacent to an activating group) is 1. The Hall–Kier alpha value is -5.43. The topological polar surface area (TPSA) is 135 Å². The van der Waals surface area contributed by atoms with Crippen molar-refractivity contribution in [3.8, 4) is 39.8 Å². The Balaban J connectivity index is 0.00000314. The first-order valence-corrected chi connectivity index (χ1v) is 16.3. The van der Waals surface area contributed by atoms with Gasteiger partial charge >= 0.3 is 5.97 Å². The lowest BCUT2D eigenvalue weighted by Gasteiger charge is -2.32. The number of amides is 1. The molecule has 53 heavy (non-hydrogen) atoms. The Bertz CT molecular complexity index is 2140. The number of carbonyl (C=O) groups excluding carboxylic acids is 2. The third kappa shape index (κ3) is 8.15.